The van der Waals surface area contributed by atoms with Crippen LogP contribution in [0.3, 0.4) is 0 Å². The summed E-state index contributed by atoms with van der Waals surface area (Å²) in [5, 5.41) is 0. The molecule has 0 aliphatic heterocycles. The van der Waals surface area contributed by atoms with Gasteiger partial charge in [-0.2, -0.15) is 0 Å². The first-order valence-corrected chi connectivity index (χ1v) is 13.2. The maximum absolute atomic E-state index is 3.26. The molecule has 0 fully saturated rings. The molecule has 0 nitrogen and oxygen atoms in total. The Balaban J connectivity index is 1.48. The van der Waals surface area contributed by atoms with Gasteiger partial charge in [-0.3, -0.25) is 0 Å². The zero-order chi connectivity index (χ0) is 23.6. The molecule has 4 aromatic rings. The molecule has 0 saturated carbocycles. The molecule has 0 heterocycles. The van der Waals surface area contributed by atoms with E-state index in [4.69, 9.17) is 0 Å². The Morgan fingerprint density at radius 2 is 0.676 bits per heavy atom. The molecule has 4 aromatic carbocycles. The van der Waals surface area contributed by atoms with Crippen LogP contribution in [0.5, 0.6) is 0 Å². The molecule has 0 aliphatic carbocycles. The van der Waals surface area contributed by atoms with Crippen LogP contribution in [0.25, 0.3) is 0 Å². The van der Waals surface area contributed by atoms with Crippen molar-refractivity contribution in [3.8, 4) is 35.5 Å². The van der Waals surface area contributed by atoms with E-state index in [9.17, 15) is 0 Å². The van der Waals surface area contributed by atoms with Crippen molar-refractivity contribution in [2.75, 3.05) is 12.5 Å². The van der Waals surface area contributed by atoms with Gasteiger partial charge in [-0.15, -0.1) is 23.5 Å². The van der Waals surface area contributed by atoms with E-state index in [0.29, 0.717) is 0 Å². The summed E-state index contributed by atoms with van der Waals surface area (Å²) in [4.78, 5) is 2.48. The number of benzene rings is 4. The number of thioether (sulfide) groups is 2. The molecular weight excluding hydrogens is 448 g/mol. The smallest absolute Gasteiger partial charge is 0.0261 e. The van der Waals surface area contributed by atoms with E-state index in [1.807, 2.05) is 48.5 Å². The average molecular weight is 471 g/mol. The minimum absolute atomic E-state index is 0.940. The van der Waals surface area contributed by atoms with Crippen molar-refractivity contribution in [1.82, 2.24) is 0 Å². The summed E-state index contributed by atoms with van der Waals surface area (Å²) in [6.45, 7) is 0. The molecule has 0 spiro atoms. The highest BCUT2D eigenvalue weighted by Gasteiger charge is 1.94. The molecule has 0 bridgehead atoms. The number of rotatable bonds is 2. The predicted octanol–water partition coefficient (Wildman–Crippen LogP) is 7.33. The van der Waals surface area contributed by atoms with Crippen molar-refractivity contribution < 1.29 is 0 Å². The second-order valence-electron chi connectivity index (χ2n) is 7.37. The summed E-state index contributed by atoms with van der Waals surface area (Å²) in [6, 6.07) is 32.7. The molecule has 34 heavy (non-hydrogen) atoms. The molecule has 0 unspecified atom stereocenters. The Morgan fingerprint density at radius 1 is 0.382 bits per heavy atom. The molecule has 162 valence electrons. The molecule has 4 rings (SSSR count). The van der Waals surface area contributed by atoms with Gasteiger partial charge in [0.15, 0.2) is 0 Å². The van der Waals surface area contributed by atoms with E-state index >= 15 is 0 Å². The Hall–Kier alpha value is -3.74. The zero-order valence-electron chi connectivity index (χ0n) is 19.1. The van der Waals surface area contributed by atoms with E-state index in [2.05, 4.69) is 96.6 Å². The van der Waals surface area contributed by atoms with Gasteiger partial charge >= 0.3 is 0 Å². The van der Waals surface area contributed by atoms with Crippen molar-refractivity contribution in [2.45, 2.75) is 9.79 Å². The molecule has 0 N–H and O–H groups in total. The lowest BCUT2D eigenvalue weighted by Crippen LogP contribution is -1.82. The summed E-state index contributed by atoms with van der Waals surface area (Å²) in [5.74, 6) is 19.5. The van der Waals surface area contributed by atoms with Gasteiger partial charge in [0.1, 0.15) is 0 Å². The SMILES string of the molecule is CSc1ccc(C#Cc2cccc(C#Cc3cccc(C#Cc4ccc(SC)cc4)c3)c2)cc1. The Labute approximate surface area is 211 Å². The van der Waals surface area contributed by atoms with Crippen LogP contribution in [0.1, 0.15) is 33.4 Å². The lowest BCUT2D eigenvalue weighted by molar-refractivity contribution is 1.45. The van der Waals surface area contributed by atoms with E-state index in [1.54, 1.807) is 23.5 Å². The van der Waals surface area contributed by atoms with Gasteiger partial charge in [-0.1, -0.05) is 47.7 Å². The lowest BCUT2D eigenvalue weighted by atomic mass is 10.1. The largest absolute Gasteiger partial charge is 0.130 e. The van der Waals surface area contributed by atoms with Crippen LogP contribution in [0.15, 0.2) is 107 Å². The molecule has 0 amide bonds. The van der Waals surface area contributed by atoms with Crippen LogP contribution in [0, 0.1) is 35.5 Å². The minimum atomic E-state index is 0.940. The summed E-state index contributed by atoms with van der Waals surface area (Å²) in [7, 11) is 0. The fourth-order valence-electron chi connectivity index (χ4n) is 3.13. The van der Waals surface area contributed by atoms with Gasteiger partial charge in [-0.25, -0.2) is 0 Å². The second kappa shape index (κ2) is 11.9. The van der Waals surface area contributed by atoms with Gasteiger partial charge in [0.05, 0.1) is 0 Å². The van der Waals surface area contributed by atoms with Gasteiger partial charge in [-0.05, 0) is 97.4 Å². The van der Waals surface area contributed by atoms with E-state index < -0.39 is 0 Å². The van der Waals surface area contributed by atoms with Crippen LogP contribution in [0.2, 0.25) is 0 Å². The van der Waals surface area contributed by atoms with Crippen LogP contribution in [-0.4, -0.2) is 12.5 Å². The number of hydrogen-bond donors (Lipinski definition) is 0. The minimum Gasteiger partial charge on any atom is -0.130 e. The van der Waals surface area contributed by atoms with Crippen molar-refractivity contribution in [3.05, 3.63) is 130 Å². The topological polar surface area (TPSA) is 0 Å². The summed E-state index contributed by atoms with van der Waals surface area (Å²) >= 11 is 3.46. The fourth-order valence-corrected chi connectivity index (χ4v) is 3.95. The monoisotopic (exact) mass is 470 g/mol. The first-order valence-electron chi connectivity index (χ1n) is 10.8. The van der Waals surface area contributed by atoms with Crippen molar-refractivity contribution in [3.63, 3.8) is 0 Å². The first kappa shape index (κ1) is 23.4. The van der Waals surface area contributed by atoms with Crippen molar-refractivity contribution >= 4 is 23.5 Å². The molecule has 0 saturated heterocycles. The normalized spacial score (nSPS) is 9.59. The highest BCUT2D eigenvalue weighted by Crippen LogP contribution is 2.15. The van der Waals surface area contributed by atoms with E-state index in [0.717, 1.165) is 33.4 Å². The second-order valence-corrected chi connectivity index (χ2v) is 9.13. The third-order valence-corrected chi connectivity index (χ3v) is 6.45. The Morgan fingerprint density at radius 3 is 0.971 bits per heavy atom. The quantitative estimate of drug-likeness (QED) is 0.222. The van der Waals surface area contributed by atoms with Gasteiger partial charge in [0, 0.05) is 43.2 Å². The third-order valence-electron chi connectivity index (χ3n) is 4.96. The first-order chi connectivity index (χ1) is 16.7. The van der Waals surface area contributed by atoms with Crippen molar-refractivity contribution in [2.24, 2.45) is 0 Å². The Bertz CT molecular complexity index is 1350. The van der Waals surface area contributed by atoms with E-state index in [1.165, 1.54) is 9.79 Å². The van der Waals surface area contributed by atoms with Crippen molar-refractivity contribution in [1.29, 1.82) is 0 Å². The highest BCUT2D eigenvalue weighted by molar-refractivity contribution is 7.98. The van der Waals surface area contributed by atoms with Gasteiger partial charge in [0.2, 0.25) is 0 Å². The maximum Gasteiger partial charge on any atom is 0.0261 e. The number of hydrogen-bond acceptors (Lipinski definition) is 2. The fraction of sp³-hybridized carbons (Fsp3) is 0.0625. The summed E-state index contributed by atoms with van der Waals surface area (Å²) < 4.78 is 0. The molecular formula is C32H22S2. The predicted molar refractivity (Wildman–Crippen MR) is 147 cm³/mol. The molecule has 0 radical (unpaired) electrons. The maximum atomic E-state index is 3.26. The van der Waals surface area contributed by atoms with Crippen LogP contribution in [-0.2, 0) is 0 Å². The Kier molecular flexibility index (Phi) is 8.22. The lowest BCUT2D eigenvalue weighted by Gasteiger charge is -1.96. The summed E-state index contributed by atoms with van der Waals surface area (Å²) in [5.41, 5.74) is 5.80. The third kappa shape index (κ3) is 6.88. The van der Waals surface area contributed by atoms with Crippen LogP contribution >= 0.6 is 23.5 Å². The highest BCUT2D eigenvalue weighted by atomic mass is 32.2. The molecule has 0 aromatic heterocycles. The summed E-state index contributed by atoms with van der Waals surface area (Å²) in [6.07, 6.45) is 4.14. The average Bonchev–Trinajstić information content (AvgIpc) is 2.90. The zero-order valence-corrected chi connectivity index (χ0v) is 20.7. The van der Waals surface area contributed by atoms with Gasteiger partial charge < -0.3 is 0 Å². The van der Waals surface area contributed by atoms with E-state index in [-0.39, 0.29) is 0 Å². The van der Waals surface area contributed by atoms with Crippen LogP contribution in [0.4, 0.5) is 0 Å². The molecule has 0 aliphatic rings. The van der Waals surface area contributed by atoms with Crippen LogP contribution < -0.4 is 0 Å². The van der Waals surface area contributed by atoms with Gasteiger partial charge in [0.25, 0.3) is 0 Å². The molecule has 2 heteroatoms. The standard InChI is InChI=1S/C32H22S2/c1-33-31-19-15-25(16-20-31)9-11-27-5-3-7-29(23-27)13-14-30-8-4-6-28(24-30)12-10-26-17-21-32(34-2)22-18-26/h3-8,15-24H,1-2H3. The molecule has 0 atom stereocenters.